The number of amides is 2. The Morgan fingerprint density at radius 2 is 1.68 bits per heavy atom. The Morgan fingerprint density at radius 3 is 2.24 bits per heavy atom. The molecule has 37 heavy (non-hydrogen) atoms. The molecular formula is C29H49N5O3. The number of nitrogens with one attached hydrogen (secondary N) is 1. The van der Waals surface area contributed by atoms with Crippen molar-refractivity contribution in [3.05, 3.63) is 48.9 Å². The molecule has 8 nitrogen and oxygen atoms in total. The molecule has 0 bridgehead atoms. The smallest absolute Gasteiger partial charge is 0.222 e. The lowest BCUT2D eigenvalue weighted by atomic mass is 10.1. The number of anilines is 1. The van der Waals surface area contributed by atoms with Crippen LogP contribution in [0.25, 0.3) is 0 Å². The maximum atomic E-state index is 11.9. The van der Waals surface area contributed by atoms with Crippen LogP contribution in [0.15, 0.2) is 48.9 Å². The van der Waals surface area contributed by atoms with Crippen molar-refractivity contribution in [2.24, 2.45) is 11.8 Å². The summed E-state index contributed by atoms with van der Waals surface area (Å²) in [5, 5.41) is 13.9. The largest absolute Gasteiger partial charge is 0.868 e. The fourth-order valence-electron chi connectivity index (χ4n) is 3.77. The molecule has 3 rings (SSSR count). The predicted octanol–water partition coefficient (Wildman–Crippen LogP) is 3.65. The van der Waals surface area contributed by atoms with Crippen LogP contribution in [0.5, 0.6) is 5.75 Å². The minimum absolute atomic E-state index is 0. The van der Waals surface area contributed by atoms with Crippen molar-refractivity contribution >= 4 is 17.6 Å². The summed E-state index contributed by atoms with van der Waals surface area (Å²) >= 11 is 0. The monoisotopic (exact) mass is 515 g/mol. The van der Waals surface area contributed by atoms with E-state index in [0.29, 0.717) is 31.2 Å². The lowest BCUT2D eigenvalue weighted by molar-refractivity contribution is -0.699. The molecule has 0 unspecified atom stereocenters. The Labute approximate surface area is 224 Å². The average molecular weight is 516 g/mol. The highest BCUT2D eigenvalue weighted by atomic mass is 16.3. The van der Waals surface area contributed by atoms with Crippen LogP contribution < -0.4 is 19.9 Å². The average Bonchev–Trinajstić information content (AvgIpc) is 2.82. The van der Waals surface area contributed by atoms with Gasteiger partial charge in [-0.05, 0) is 29.7 Å². The number of aryl methyl sites for hydroxylation is 1. The topological polar surface area (TPSA) is 92.5 Å². The van der Waals surface area contributed by atoms with E-state index in [-0.39, 0.29) is 32.4 Å². The van der Waals surface area contributed by atoms with Gasteiger partial charge in [-0.3, -0.25) is 9.59 Å². The number of hydrogen-bond acceptors (Lipinski definition) is 5. The molecule has 1 fully saturated rings. The van der Waals surface area contributed by atoms with Crippen LogP contribution >= 0.6 is 0 Å². The van der Waals surface area contributed by atoms with Gasteiger partial charge in [-0.2, -0.15) is 0 Å². The van der Waals surface area contributed by atoms with Gasteiger partial charge in [-0.25, -0.2) is 9.55 Å². The van der Waals surface area contributed by atoms with Crippen molar-refractivity contribution < 1.29 is 19.3 Å². The normalized spacial score (nSPS) is 12.7. The summed E-state index contributed by atoms with van der Waals surface area (Å²) in [5.41, 5.74) is 0. The molecule has 208 valence electrons. The van der Waals surface area contributed by atoms with E-state index in [4.69, 9.17) is 0 Å². The Balaban J connectivity index is 0.000000666. The number of aromatic nitrogens is 2. The molecule has 1 saturated heterocycles. The first-order valence-electron chi connectivity index (χ1n) is 12.6. The third kappa shape index (κ3) is 13.6. The molecule has 3 heterocycles. The maximum Gasteiger partial charge on any atom is 0.222 e. The maximum absolute atomic E-state index is 11.9. The molecule has 2 amide bonds. The predicted molar refractivity (Wildman–Crippen MR) is 149 cm³/mol. The van der Waals surface area contributed by atoms with Gasteiger partial charge in [0.15, 0.2) is 12.4 Å². The summed E-state index contributed by atoms with van der Waals surface area (Å²) in [5.74, 6) is 2.23. The highest BCUT2D eigenvalue weighted by Crippen LogP contribution is 2.14. The molecule has 2 aromatic heterocycles. The zero-order valence-electron chi connectivity index (χ0n) is 21.7. The van der Waals surface area contributed by atoms with E-state index < -0.39 is 0 Å². The zero-order chi connectivity index (χ0) is 25.6. The van der Waals surface area contributed by atoms with Crippen molar-refractivity contribution in [1.82, 2.24) is 15.2 Å². The van der Waals surface area contributed by atoms with Crippen LogP contribution in [0.3, 0.4) is 0 Å². The molecule has 0 aliphatic carbocycles. The number of carbonyl (C=O) groups excluding carboxylic acids is 2. The standard InChI is InChI=1S/C14H21N3O.C13H20N2O2.2CH4/c1-12(2)11-14(18)17-9-7-16(8-10-17)13-5-3-4-6-15-13;1-11(2)9-13(17)14-6-4-8-15-7-3-5-12(16)10-15;;/h3-6,12H,7-11H2,1-2H3;3,5,7,10-11H,4,6,8-9H2,1-2H3,(H-,14,16,17);2*1H4. The lowest BCUT2D eigenvalue weighted by Gasteiger charge is -2.35. The zero-order valence-corrected chi connectivity index (χ0v) is 21.7. The molecule has 1 aliphatic rings. The van der Waals surface area contributed by atoms with E-state index in [9.17, 15) is 14.7 Å². The first-order valence-corrected chi connectivity index (χ1v) is 12.6. The molecule has 2 aromatic rings. The summed E-state index contributed by atoms with van der Waals surface area (Å²) in [6, 6.07) is 9.21. The highest BCUT2D eigenvalue weighted by molar-refractivity contribution is 5.76. The van der Waals surface area contributed by atoms with Gasteiger partial charge in [0, 0.05) is 64.2 Å². The highest BCUT2D eigenvalue weighted by Gasteiger charge is 2.21. The summed E-state index contributed by atoms with van der Waals surface area (Å²) in [6.45, 7) is 13.0. The first-order chi connectivity index (χ1) is 16.7. The van der Waals surface area contributed by atoms with E-state index >= 15 is 0 Å². The second-order valence-electron chi connectivity index (χ2n) is 9.73. The van der Waals surface area contributed by atoms with Crippen LogP contribution in [0.1, 0.15) is 61.8 Å². The van der Waals surface area contributed by atoms with Gasteiger partial charge in [0.05, 0.1) is 0 Å². The van der Waals surface area contributed by atoms with Gasteiger partial charge in [0.1, 0.15) is 12.4 Å². The molecule has 0 spiro atoms. The number of hydrogen-bond donors (Lipinski definition) is 1. The van der Waals surface area contributed by atoms with E-state index in [1.165, 1.54) is 6.07 Å². The number of rotatable bonds is 9. The summed E-state index contributed by atoms with van der Waals surface area (Å²) < 4.78 is 1.84. The van der Waals surface area contributed by atoms with Crippen LogP contribution in [-0.2, 0) is 16.1 Å². The Bertz CT molecular complexity index is 897. The van der Waals surface area contributed by atoms with Crippen molar-refractivity contribution in [2.75, 3.05) is 37.6 Å². The van der Waals surface area contributed by atoms with Crippen LogP contribution in [0.4, 0.5) is 5.82 Å². The molecule has 0 atom stereocenters. The van der Waals surface area contributed by atoms with Gasteiger partial charge in [-0.15, -0.1) is 0 Å². The number of nitrogens with zero attached hydrogens (tertiary/aromatic N) is 4. The molecule has 1 aliphatic heterocycles. The van der Waals surface area contributed by atoms with E-state index in [1.54, 1.807) is 12.3 Å². The minimum Gasteiger partial charge on any atom is -0.868 e. The van der Waals surface area contributed by atoms with E-state index in [2.05, 4.69) is 29.0 Å². The van der Waals surface area contributed by atoms with E-state index in [0.717, 1.165) is 45.0 Å². The second-order valence-corrected chi connectivity index (χ2v) is 9.73. The number of piperazine rings is 1. The van der Waals surface area contributed by atoms with Gasteiger partial charge < -0.3 is 20.2 Å². The SMILES string of the molecule is C.C.CC(C)CC(=O)N1CCN(c2ccccn2)CC1.CC(C)CC(=O)NCCC[n+]1cccc([O-])c1. The number of pyridine rings is 2. The Hall–Kier alpha value is -3.16. The lowest BCUT2D eigenvalue weighted by Crippen LogP contribution is -2.49. The second kappa shape index (κ2) is 18.1. The van der Waals surface area contributed by atoms with E-state index in [1.807, 2.05) is 53.9 Å². The molecule has 0 saturated carbocycles. The summed E-state index contributed by atoms with van der Waals surface area (Å²) in [6.07, 6.45) is 7.30. The third-order valence-corrected chi connectivity index (χ3v) is 5.53. The van der Waals surface area contributed by atoms with Crippen molar-refractivity contribution in [3.63, 3.8) is 0 Å². The van der Waals surface area contributed by atoms with Crippen molar-refractivity contribution in [2.45, 2.75) is 68.4 Å². The molecule has 0 radical (unpaired) electrons. The Kier molecular flexibility index (Phi) is 16.6. The van der Waals surface area contributed by atoms with Crippen LogP contribution in [0.2, 0.25) is 0 Å². The molecule has 0 aromatic carbocycles. The van der Waals surface area contributed by atoms with Gasteiger partial charge in [-0.1, -0.05) is 54.7 Å². The number of carbonyl (C=O) groups is 2. The minimum atomic E-state index is 0. The van der Waals surface area contributed by atoms with Crippen LogP contribution in [-0.4, -0.2) is 54.4 Å². The molecule has 8 heteroatoms. The summed E-state index contributed by atoms with van der Waals surface area (Å²) in [4.78, 5) is 31.8. The third-order valence-electron chi connectivity index (χ3n) is 5.53. The molecule has 1 N–H and O–H groups in total. The quantitative estimate of drug-likeness (QED) is 0.407. The van der Waals surface area contributed by atoms with Crippen LogP contribution in [0, 0.1) is 11.8 Å². The fourth-order valence-corrected chi connectivity index (χ4v) is 3.77. The van der Waals surface area contributed by atoms with Crippen molar-refractivity contribution in [1.29, 1.82) is 0 Å². The fraction of sp³-hybridized carbons (Fsp3) is 0.586. The van der Waals surface area contributed by atoms with Gasteiger partial charge in [0.25, 0.3) is 0 Å². The first kappa shape index (κ1) is 33.8. The van der Waals surface area contributed by atoms with Gasteiger partial charge >= 0.3 is 0 Å². The Morgan fingerprint density at radius 1 is 1.00 bits per heavy atom. The van der Waals surface area contributed by atoms with Gasteiger partial charge in [0.2, 0.25) is 11.8 Å². The molecular weight excluding hydrogens is 466 g/mol. The summed E-state index contributed by atoms with van der Waals surface area (Å²) in [7, 11) is 0. The van der Waals surface area contributed by atoms with Crippen molar-refractivity contribution in [3.8, 4) is 5.75 Å².